The Hall–Kier alpha value is -2.34. The lowest BCUT2D eigenvalue weighted by molar-refractivity contribution is -0.384. The van der Waals surface area contributed by atoms with Gasteiger partial charge in [-0.1, -0.05) is 6.07 Å². The van der Waals surface area contributed by atoms with E-state index in [-0.39, 0.29) is 10.6 Å². The summed E-state index contributed by atoms with van der Waals surface area (Å²) in [6.45, 7) is 3.30. The number of nitrogens with one attached hydrogen (secondary N) is 1. The van der Waals surface area contributed by atoms with Crippen molar-refractivity contribution in [3.8, 4) is 0 Å². The Kier molecular flexibility index (Phi) is 4.59. The fraction of sp³-hybridized carbons (Fsp3) is 0.333. The number of anilines is 1. The fourth-order valence-corrected chi connectivity index (χ4v) is 2.24. The first-order valence-electron chi connectivity index (χ1n) is 6.68. The van der Waals surface area contributed by atoms with Crippen molar-refractivity contribution in [3.05, 3.63) is 57.5 Å². The molecule has 0 unspecified atom stereocenters. The smallest absolute Gasteiger partial charge is 0.292 e. The van der Waals surface area contributed by atoms with Gasteiger partial charge >= 0.3 is 0 Å². The molecule has 6 heteroatoms. The van der Waals surface area contributed by atoms with Gasteiger partial charge in [0.2, 0.25) is 0 Å². The van der Waals surface area contributed by atoms with Crippen molar-refractivity contribution < 1.29 is 9.34 Å². The molecule has 0 amide bonds. The number of nitrogens with zero attached hydrogens (tertiary/aromatic N) is 2. The highest BCUT2D eigenvalue weighted by atomic mass is 16.6. The summed E-state index contributed by atoms with van der Waals surface area (Å²) in [6.07, 6.45) is 0. The highest BCUT2D eigenvalue weighted by Crippen LogP contribution is 2.25. The molecule has 1 aromatic carbocycles. The number of benzene rings is 1. The van der Waals surface area contributed by atoms with E-state index >= 15 is 0 Å². The van der Waals surface area contributed by atoms with Crippen LogP contribution in [0.5, 0.6) is 0 Å². The maximum Gasteiger partial charge on any atom is 0.292 e. The molecular formula is C15H19N3O3. The van der Waals surface area contributed by atoms with Crippen LogP contribution in [-0.2, 0) is 13.1 Å². The second kappa shape index (κ2) is 6.41. The number of aryl methyl sites for hydroxylation is 1. The van der Waals surface area contributed by atoms with Gasteiger partial charge in [-0.3, -0.25) is 15.0 Å². The summed E-state index contributed by atoms with van der Waals surface area (Å²) in [4.78, 5) is 12.6. The average molecular weight is 289 g/mol. The van der Waals surface area contributed by atoms with Crippen LogP contribution in [0.4, 0.5) is 11.4 Å². The molecule has 0 bridgehead atoms. The molecule has 2 aromatic rings. The van der Waals surface area contributed by atoms with Crippen LogP contribution < -0.4 is 5.32 Å². The van der Waals surface area contributed by atoms with Crippen molar-refractivity contribution in [1.29, 1.82) is 0 Å². The monoisotopic (exact) mass is 289 g/mol. The van der Waals surface area contributed by atoms with Crippen LogP contribution in [0.3, 0.4) is 0 Å². The summed E-state index contributed by atoms with van der Waals surface area (Å²) < 4.78 is 5.54. The first kappa shape index (κ1) is 15.1. The standard InChI is InChI=1S/C15H19N3O3/c1-11-4-6-13(21-11)10-17(3)9-12-5-7-15(18(19)20)14(8-12)16-2/h4-8,16H,9-10H2,1-3H3. The van der Waals surface area contributed by atoms with Crippen LogP contribution in [0.1, 0.15) is 17.1 Å². The van der Waals surface area contributed by atoms with Crippen molar-refractivity contribution in [2.75, 3.05) is 19.4 Å². The Labute approximate surface area is 123 Å². The van der Waals surface area contributed by atoms with Gasteiger partial charge in [0, 0.05) is 19.7 Å². The predicted octanol–water partition coefficient (Wildman–Crippen LogP) is 3.17. The fourth-order valence-electron chi connectivity index (χ4n) is 2.24. The van der Waals surface area contributed by atoms with Gasteiger partial charge in [0.1, 0.15) is 17.2 Å². The van der Waals surface area contributed by atoms with Gasteiger partial charge in [0.15, 0.2) is 0 Å². The molecule has 0 spiro atoms. The zero-order chi connectivity index (χ0) is 15.4. The molecule has 0 fully saturated rings. The van der Waals surface area contributed by atoms with Crippen LogP contribution in [0, 0.1) is 17.0 Å². The van der Waals surface area contributed by atoms with Gasteiger partial charge < -0.3 is 9.73 Å². The number of furan rings is 1. The molecule has 0 saturated carbocycles. The van der Waals surface area contributed by atoms with E-state index in [1.807, 2.05) is 32.2 Å². The Morgan fingerprint density at radius 1 is 1.29 bits per heavy atom. The van der Waals surface area contributed by atoms with Crippen molar-refractivity contribution in [2.45, 2.75) is 20.0 Å². The van der Waals surface area contributed by atoms with E-state index in [1.165, 1.54) is 6.07 Å². The molecule has 0 aliphatic rings. The highest BCUT2D eigenvalue weighted by Gasteiger charge is 2.13. The first-order valence-corrected chi connectivity index (χ1v) is 6.68. The molecule has 0 radical (unpaired) electrons. The van der Waals surface area contributed by atoms with Crippen LogP contribution in [0.25, 0.3) is 0 Å². The maximum absolute atomic E-state index is 10.9. The number of nitro benzene ring substituents is 1. The molecule has 1 aromatic heterocycles. The number of nitro groups is 1. The molecule has 0 saturated heterocycles. The minimum Gasteiger partial charge on any atom is -0.465 e. The third-order valence-corrected chi connectivity index (χ3v) is 3.20. The Morgan fingerprint density at radius 2 is 2.05 bits per heavy atom. The molecule has 0 aliphatic carbocycles. The van der Waals surface area contributed by atoms with E-state index in [0.717, 1.165) is 17.1 Å². The Morgan fingerprint density at radius 3 is 2.62 bits per heavy atom. The molecule has 0 aliphatic heterocycles. The minimum absolute atomic E-state index is 0.0885. The topological polar surface area (TPSA) is 71.5 Å². The summed E-state index contributed by atoms with van der Waals surface area (Å²) in [5.41, 5.74) is 1.63. The third-order valence-electron chi connectivity index (χ3n) is 3.20. The Bertz CT molecular complexity index is 637. The summed E-state index contributed by atoms with van der Waals surface area (Å²) >= 11 is 0. The van der Waals surface area contributed by atoms with Crippen molar-refractivity contribution in [2.24, 2.45) is 0 Å². The van der Waals surface area contributed by atoms with Gasteiger partial charge in [0.05, 0.1) is 11.5 Å². The Balaban J connectivity index is 2.06. The van der Waals surface area contributed by atoms with Crippen LogP contribution >= 0.6 is 0 Å². The quantitative estimate of drug-likeness (QED) is 0.653. The van der Waals surface area contributed by atoms with Gasteiger partial charge in [-0.25, -0.2) is 0 Å². The normalized spacial score (nSPS) is 10.9. The summed E-state index contributed by atoms with van der Waals surface area (Å²) in [5, 5.41) is 13.8. The molecule has 1 N–H and O–H groups in total. The summed E-state index contributed by atoms with van der Waals surface area (Å²) in [5.74, 6) is 1.80. The molecule has 112 valence electrons. The summed E-state index contributed by atoms with van der Waals surface area (Å²) in [7, 11) is 3.67. The largest absolute Gasteiger partial charge is 0.465 e. The lowest BCUT2D eigenvalue weighted by atomic mass is 10.1. The molecule has 2 rings (SSSR count). The van der Waals surface area contributed by atoms with Crippen LogP contribution in [0.15, 0.2) is 34.7 Å². The van der Waals surface area contributed by atoms with Crippen molar-refractivity contribution >= 4 is 11.4 Å². The molecule has 1 heterocycles. The van der Waals surface area contributed by atoms with E-state index in [9.17, 15) is 10.1 Å². The second-order valence-corrected chi connectivity index (χ2v) is 5.04. The average Bonchev–Trinajstić information content (AvgIpc) is 2.83. The van der Waals surface area contributed by atoms with Crippen LogP contribution in [-0.4, -0.2) is 23.9 Å². The molecule has 6 nitrogen and oxygen atoms in total. The predicted molar refractivity (Wildman–Crippen MR) is 81.3 cm³/mol. The van der Waals surface area contributed by atoms with Crippen LogP contribution in [0.2, 0.25) is 0 Å². The van der Waals surface area contributed by atoms with E-state index in [2.05, 4.69) is 10.2 Å². The van der Waals surface area contributed by atoms with E-state index in [4.69, 9.17) is 4.42 Å². The second-order valence-electron chi connectivity index (χ2n) is 5.04. The molecule has 0 atom stereocenters. The highest BCUT2D eigenvalue weighted by molar-refractivity contribution is 5.62. The molecule has 21 heavy (non-hydrogen) atoms. The van der Waals surface area contributed by atoms with Crippen molar-refractivity contribution in [3.63, 3.8) is 0 Å². The summed E-state index contributed by atoms with van der Waals surface area (Å²) in [6, 6.07) is 9.02. The number of rotatable bonds is 6. The van der Waals surface area contributed by atoms with E-state index < -0.39 is 0 Å². The van der Waals surface area contributed by atoms with Gasteiger partial charge in [0.25, 0.3) is 5.69 Å². The van der Waals surface area contributed by atoms with Gasteiger partial charge in [-0.05, 0) is 37.7 Å². The van der Waals surface area contributed by atoms with Gasteiger partial charge in [-0.15, -0.1) is 0 Å². The zero-order valence-electron chi connectivity index (χ0n) is 12.4. The first-order chi connectivity index (χ1) is 9.99. The minimum atomic E-state index is -0.384. The maximum atomic E-state index is 10.9. The number of hydrogen-bond acceptors (Lipinski definition) is 5. The SMILES string of the molecule is CNc1cc(CN(C)Cc2ccc(C)o2)ccc1[N+](=O)[O-]. The van der Waals surface area contributed by atoms with E-state index in [0.29, 0.717) is 18.8 Å². The molecular weight excluding hydrogens is 270 g/mol. The lowest BCUT2D eigenvalue weighted by Gasteiger charge is -2.16. The van der Waals surface area contributed by atoms with Crippen molar-refractivity contribution in [1.82, 2.24) is 4.90 Å². The third kappa shape index (κ3) is 3.82. The lowest BCUT2D eigenvalue weighted by Crippen LogP contribution is -2.17. The zero-order valence-corrected chi connectivity index (χ0v) is 12.4. The van der Waals surface area contributed by atoms with E-state index in [1.54, 1.807) is 13.1 Å². The number of hydrogen-bond donors (Lipinski definition) is 1. The van der Waals surface area contributed by atoms with Gasteiger partial charge in [-0.2, -0.15) is 0 Å².